The third-order valence-corrected chi connectivity index (χ3v) is 4.05. The molecule has 0 aromatic carbocycles. The summed E-state index contributed by atoms with van der Waals surface area (Å²) in [6.45, 7) is 7.72. The third kappa shape index (κ3) is 2.79. The second-order valence-electron chi connectivity index (χ2n) is 4.47. The lowest BCUT2D eigenvalue weighted by atomic mass is 10.2. The molecule has 0 aliphatic rings. The van der Waals surface area contributed by atoms with Gasteiger partial charge in [-0.05, 0) is 39.8 Å². The predicted octanol–water partition coefficient (Wildman–Crippen LogP) is 3.37. The molecular weight excluding hydrogens is 248 g/mol. The minimum absolute atomic E-state index is 0.0103. The largest absolute Gasteiger partial charge is 0.465 e. The summed E-state index contributed by atoms with van der Waals surface area (Å²) in [4.78, 5) is 4.36. The zero-order valence-corrected chi connectivity index (χ0v) is 11.9. The van der Waals surface area contributed by atoms with Crippen molar-refractivity contribution in [3.8, 4) is 0 Å². The predicted molar refractivity (Wildman–Crippen MR) is 71.7 cm³/mol. The maximum absolute atomic E-state index is 6.02. The molecule has 18 heavy (non-hydrogen) atoms. The number of oxazole rings is 1. The monoisotopic (exact) mass is 266 g/mol. The lowest BCUT2D eigenvalue weighted by Gasteiger charge is -2.15. The van der Waals surface area contributed by atoms with Gasteiger partial charge in [-0.2, -0.15) is 0 Å². The maximum Gasteiger partial charge on any atom is 0.256 e. The molecule has 0 spiro atoms. The van der Waals surface area contributed by atoms with E-state index in [1.165, 1.54) is 11.8 Å². The number of hydrogen-bond acceptors (Lipinski definition) is 5. The number of furan rings is 1. The highest BCUT2D eigenvalue weighted by atomic mass is 32.2. The van der Waals surface area contributed by atoms with E-state index >= 15 is 0 Å². The number of thioether (sulfide) groups is 1. The van der Waals surface area contributed by atoms with Crippen LogP contribution in [-0.2, 0) is 0 Å². The maximum atomic E-state index is 6.02. The van der Waals surface area contributed by atoms with Gasteiger partial charge in [0.05, 0.1) is 10.9 Å². The molecule has 0 saturated carbocycles. The van der Waals surface area contributed by atoms with Crippen LogP contribution < -0.4 is 5.73 Å². The van der Waals surface area contributed by atoms with E-state index in [1.807, 2.05) is 39.8 Å². The van der Waals surface area contributed by atoms with Crippen LogP contribution in [-0.4, -0.2) is 11.0 Å². The van der Waals surface area contributed by atoms with Gasteiger partial charge < -0.3 is 14.6 Å². The molecule has 2 aromatic rings. The second-order valence-corrected chi connectivity index (χ2v) is 5.56. The first-order valence-corrected chi connectivity index (χ1v) is 6.78. The van der Waals surface area contributed by atoms with Crippen LogP contribution >= 0.6 is 11.8 Å². The van der Waals surface area contributed by atoms with Crippen molar-refractivity contribution in [3.63, 3.8) is 0 Å². The van der Waals surface area contributed by atoms with Crippen LogP contribution in [0, 0.1) is 20.8 Å². The minimum Gasteiger partial charge on any atom is -0.465 e. The van der Waals surface area contributed by atoms with Crippen LogP contribution in [0.5, 0.6) is 0 Å². The topological polar surface area (TPSA) is 65.2 Å². The van der Waals surface area contributed by atoms with Gasteiger partial charge in [-0.1, -0.05) is 11.8 Å². The molecule has 0 saturated heterocycles. The van der Waals surface area contributed by atoms with Gasteiger partial charge in [0.2, 0.25) is 0 Å². The zero-order chi connectivity index (χ0) is 13.3. The molecule has 2 atom stereocenters. The van der Waals surface area contributed by atoms with Crippen molar-refractivity contribution in [3.05, 3.63) is 35.1 Å². The normalized spacial score (nSPS) is 14.7. The van der Waals surface area contributed by atoms with E-state index in [9.17, 15) is 0 Å². The summed E-state index contributed by atoms with van der Waals surface area (Å²) in [6.07, 6.45) is 0. The van der Waals surface area contributed by atoms with Gasteiger partial charge in [0.25, 0.3) is 5.22 Å². The van der Waals surface area contributed by atoms with E-state index in [0.29, 0.717) is 5.22 Å². The van der Waals surface area contributed by atoms with E-state index in [0.717, 1.165) is 23.0 Å². The Morgan fingerprint density at radius 2 is 1.94 bits per heavy atom. The SMILES string of the molecule is Cc1ccc(C(Sc2nc(C)c(C)o2)C(C)N)o1. The Kier molecular flexibility index (Phi) is 3.82. The summed E-state index contributed by atoms with van der Waals surface area (Å²) in [6, 6.07) is 3.85. The van der Waals surface area contributed by atoms with Crippen LogP contribution in [0.15, 0.2) is 26.2 Å². The molecule has 4 nitrogen and oxygen atoms in total. The fourth-order valence-corrected chi connectivity index (χ4v) is 2.67. The molecule has 0 aliphatic carbocycles. The Labute approximate surface area is 111 Å². The number of aryl methyl sites for hydroxylation is 3. The average molecular weight is 266 g/mol. The highest BCUT2D eigenvalue weighted by Crippen LogP contribution is 2.37. The quantitative estimate of drug-likeness (QED) is 0.859. The van der Waals surface area contributed by atoms with E-state index in [1.54, 1.807) is 0 Å². The molecule has 2 N–H and O–H groups in total. The summed E-state index contributed by atoms with van der Waals surface area (Å²) in [7, 11) is 0. The molecular formula is C13H18N2O2S. The van der Waals surface area contributed by atoms with Crippen molar-refractivity contribution in [2.24, 2.45) is 5.73 Å². The van der Waals surface area contributed by atoms with Crippen molar-refractivity contribution in [1.82, 2.24) is 4.98 Å². The first kappa shape index (κ1) is 13.2. The van der Waals surface area contributed by atoms with Gasteiger partial charge >= 0.3 is 0 Å². The number of nitrogens with zero attached hydrogens (tertiary/aromatic N) is 1. The van der Waals surface area contributed by atoms with Crippen molar-refractivity contribution in [1.29, 1.82) is 0 Å². The van der Waals surface area contributed by atoms with Crippen molar-refractivity contribution >= 4 is 11.8 Å². The summed E-state index contributed by atoms with van der Waals surface area (Å²) in [5.74, 6) is 2.59. The Morgan fingerprint density at radius 1 is 1.22 bits per heavy atom. The molecule has 0 radical (unpaired) electrons. The molecule has 98 valence electrons. The summed E-state index contributed by atoms with van der Waals surface area (Å²) in [5.41, 5.74) is 6.93. The number of nitrogens with two attached hydrogens (primary N) is 1. The van der Waals surface area contributed by atoms with Gasteiger partial charge in [-0.25, -0.2) is 4.98 Å². The summed E-state index contributed by atoms with van der Waals surface area (Å²) in [5, 5.41) is 0.650. The second kappa shape index (κ2) is 5.20. The minimum atomic E-state index is -0.0481. The molecule has 0 amide bonds. The fourth-order valence-electron chi connectivity index (χ4n) is 1.63. The van der Waals surface area contributed by atoms with Crippen molar-refractivity contribution in [2.75, 3.05) is 0 Å². The molecule has 0 aliphatic heterocycles. The number of hydrogen-bond donors (Lipinski definition) is 1. The average Bonchev–Trinajstić information content (AvgIpc) is 2.83. The molecule has 0 fully saturated rings. The van der Waals surface area contributed by atoms with E-state index in [4.69, 9.17) is 14.6 Å². The van der Waals surface area contributed by atoms with Crippen molar-refractivity contribution < 1.29 is 8.83 Å². The molecule has 5 heteroatoms. The molecule has 0 bridgehead atoms. The Morgan fingerprint density at radius 3 is 2.39 bits per heavy atom. The van der Waals surface area contributed by atoms with Gasteiger partial charge in [-0.15, -0.1) is 0 Å². The Bertz CT molecular complexity index is 511. The van der Waals surface area contributed by atoms with Crippen LogP contribution in [0.1, 0.15) is 35.1 Å². The third-order valence-electron chi connectivity index (χ3n) is 2.76. The molecule has 2 aromatic heterocycles. The molecule has 2 heterocycles. The first-order valence-electron chi connectivity index (χ1n) is 5.90. The van der Waals surface area contributed by atoms with E-state index in [-0.39, 0.29) is 11.3 Å². The number of aromatic nitrogens is 1. The van der Waals surface area contributed by atoms with Gasteiger partial charge in [0.15, 0.2) is 0 Å². The standard InChI is InChI=1S/C13H18N2O2S/c1-7-5-6-11(16-7)12(8(2)14)18-13-15-9(3)10(4)17-13/h5-6,8,12H,14H2,1-4H3. The summed E-state index contributed by atoms with van der Waals surface area (Å²) >= 11 is 1.50. The van der Waals surface area contributed by atoms with Crippen LogP contribution in [0.2, 0.25) is 0 Å². The highest BCUT2D eigenvalue weighted by molar-refractivity contribution is 7.99. The number of rotatable bonds is 4. The van der Waals surface area contributed by atoms with Crippen LogP contribution in [0.25, 0.3) is 0 Å². The van der Waals surface area contributed by atoms with Crippen LogP contribution in [0.3, 0.4) is 0 Å². The zero-order valence-electron chi connectivity index (χ0n) is 11.1. The van der Waals surface area contributed by atoms with Crippen molar-refractivity contribution in [2.45, 2.75) is 44.2 Å². The fraction of sp³-hybridized carbons (Fsp3) is 0.462. The lowest BCUT2D eigenvalue weighted by molar-refractivity contribution is 0.424. The molecule has 2 unspecified atom stereocenters. The van der Waals surface area contributed by atoms with E-state index in [2.05, 4.69) is 4.98 Å². The van der Waals surface area contributed by atoms with Gasteiger partial charge in [-0.3, -0.25) is 0 Å². The van der Waals surface area contributed by atoms with E-state index < -0.39 is 0 Å². The lowest BCUT2D eigenvalue weighted by Crippen LogP contribution is -2.22. The highest BCUT2D eigenvalue weighted by Gasteiger charge is 2.23. The van der Waals surface area contributed by atoms with Gasteiger partial charge in [0.1, 0.15) is 17.3 Å². The first-order chi connectivity index (χ1) is 8.47. The Balaban J connectivity index is 2.21. The smallest absolute Gasteiger partial charge is 0.256 e. The van der Waals surface area contributed by atoms with Gasteiger partial charge in [0, 0.05) is 6.04 Å². The summed E-state index contributed by atoms with van der Waals surface area (Å²) < 4.78 is 11.2. The Hall–Kier alpha value is -1.20. The van der Waals surface area contributed by atoms with Crippen LogP contribution in [0.4, 0.5) is 0 Å². The molecule has 2 rings (SSSR count).